The summed E-state index contributed by atoms with van der Waals surface area (Å²) < 4.78 is 24.4. The number of hydrogen-bond donors (Lipinski definition) is 2. The van der Waals surface area contributed by atoms with E-state index in [2.05, 4.69) is 5.32 Å². The normalized spacial score (nSPS) is 18.7. The Balaban J connectivity index is 1.20. The SMILES string of the molecule is O=C(C[NH+]1CCN(C(=O)[C@H]2COc3ccccc3O2)CC1)NCc1ccc(F)cc1. The van der Waals surface area contributed by atoms with Crippen LogP contribution in [0, 0.1) is 5.82 Å². The molecule has 0 unspecified atom stereocenters. The number of nitrogens with one attached hydrogen (secondary N) is 2. The number of quaternary nitrogens is 1. The molecule has 0 aliphatic carbocycles. The van der Waals surface area contributed by atoms with E-state index in [0.29, 0.717) is 50.8 Å². The lowest BCUT2D eigenvalue weighted by atomic mass is 10.2. The minimum absolute atomic E-state index is 0.0604. The van der Waals surface area contributed by atoms with E-state index in [0.717, 1.165) is 10.5 Å². The molecule has 2 amide bonds. The molecule has 1 fully saturated rings. The molecule has 4 rings (SSSR count). The first-order valence-corrected chi connectivity index (χ1v) is 10.1. The smallest absolute Gasteiger partial charge is 0.275 e. The second kappa shape index (κ2) is 9.13. The van der Waals surface area contributed by atoms with Crippen molar-refractivity contribution in [1.29, 1.82) is 0 Å². The Morgan fingerprint density at radius 1 is 1.07 bits per heavy atom. The topological polar surface area (TPSA) is 72.3 Å². The van der Waals surface area contributed by atoms with Gasteiger partial charge in [-0.3, -0.25) is 9.59 Å². The Morgan fingerprint density at radius 3 is 2.50 bits per heavy atom. The molecule has 8 heteroatoms. The highest BCUT2D eigenvalue weighted by Crippen LogP contribution is 2.31. The summed E-state index contributed by atoms with van der Waals surface area (Å²) in [6, 6.07) is 13.4. The van der Waals surface area contributed by atoms with Crippen LogP contribution in [-0.4, -0.2) is 62.1 Å². The van der Waals surface area contributed by atoms with E-state index in [9.17, 15) is 14.0 Å². The van der Waals surface area contributed by atoms with Crippen molar-refractivity contribution in [2.75, 3.05) is 39.3 Å². The molecular weight excluding hydrogens is 389 g/mol. The van der Waals surface area contributed by atoms with Crippen molar-refractivity contribution in [3.8, 4) is 11.5 Å². The third-order valence-electron chi connectivity index (χ3n) is 5.38. The summed E-state index contributed by atoms with van der Waals surface area (Å²) in [5.41, 5.74) is 0.853. The van der Waals surface area contributed by atoms with Gasteiger partial charge in [0.15, 0.2) is 18.0 Å². The van der Waals surface area contributed by atoms with Crippen LogP contribution in [-0.2, 0) is 16.1 Å². The lowest BCUT2D eigenvalue weighted by Crippen LogP contribution is -3.15. The van der Waals surface area contributed by atoms with Crippen LogP contribution in [0.4, 0.5) is 4.39 Å². The molecule has 2 heterocycles. The van der Waals surface area contributed by atoms with E-state index in [4.69, 9.17) is 9.47 Å². The number of carbonyl (C=O) groups is 2. The molecule has 1 atom stereocenters. The second-order valence-electron chi connectivity index (χ2n) is 7.52. The highest BCUT2D eigenvalue weighted by atomic mass is 19.1. The number of hydrogen-bond acceptors (Lipinski definition) is 4. The van der Waals surface area contributed by atoms with Crippen molar-refractivity contribution >= 4 is 11.8 Å². The van der Waals surface area contributed by atoms with Gasteiger partial charge in [-0.25, -0.2) is 4.39 Å². The fraction of sp³-hybridized carbons (Fsp3) is 0.364. The van der Waals surface area contributed by atoms with Crippen LogP contribution in [0.3, 0.4) is 0 Å². The van der Waals surface area contributed by atoms with Gasteiger partial charge in [0.1, 0.15) is 12.4 Å². The van der Waals surface area contributed by atoms with Crippen LogP contribution in [0.25, 0.3) is 0 Å². The van der Waals surface area contributed by atoms with Crippen molar-refractivity contribution in [3.05, 3.63) is 59.9 Å². The molecule has 30 heavy (non-hydrogen) atoms. The van der Waals surface area contributed by atoms with Gasteiger partial charge in [0.05, 0.1) is 26.2 Å². The Kier molecular flexibility index (Phi) is 6.13. The Hall–Kier alpha value is -3.13. The second-order valence-corrected chi connectivity index (χ2v) is 7.52. The zero-order valence-electron chi connectivity index (χ0n) is 16.6. The fourth-order valence-electron chi connectivity index (χ4n) is 3.66. The molecule has 1 saturated heterocycles. The number of para-hydroxylation sites is 2. The molecule has 7 nitrogen and oxygen atoms in total. The minimum Gasteiger partial charge on any atom is -0.485 e. The Labute approximate surface area is 174 Å². The van der Waals surface area contributed by atoms with E-state index in [-0.39, 0.29) is 24.2 Å². The van der Waals surface area contributed by atoms with Crippen LogP contribution in [0.5, 0.6) is 11.5 Å². The zero-order chi connectivity index (χ0) is 20.9. The van der Waals surface area contributed by atoms with Crippen molar-refractivity contribution in [1.82, 2.24) is 10.2 Å². The fourth-order valence-corrected chi connectivity index (χ4v) is 3.66. The van der Waals surface area contributed by atoms with Gasteiger partial charge in [-0.2, -0.15) is 0 Å². The predicted molar refractivity (Wildman–Crippen MR) is 107 cm³/mol. The molecule has 0 bridgehead atoms. The molecule has 2 aliphatic rings. The van der Waals surface area contributed by atoms with Gasteiger partial charge in [0, 0.05) is 6.54 Å². The monoisotopic (exact) mass is 414 g/mol. The van der Waals surface area contributed by atoms with Gasteiger partial charge >= 0.3 is 0 Å². The number of ether oxygens (including phenoxy) is 2. The average Bonchev–Trinajstić information content (AvgIpc) is 2.78. The minimum atomic E-state index is -0.638. The number of nitrogens with zero attached hydrogens (tertiary/aromatic N) is 1. The van der Waals surface area contributed by atoms with E-state index >= 15 is 0 Å². The summed E-state index contributed by atoms with van der Waals surface area (Å²) in [6.45, 7) is 3.45. The molecular formula is C22H25FN3O4+. The Morgan fingerprint density at radius 2 is 1.77 bits per heavy atom. The predicted octanol–water partition coefficient (Wildman–Crippen LogP) is 0.00900. The third kappa shape index (κ3) is 4.88. The van der Waals surface area contributed by atoms with Gasteiger partial charge in [0.25, 0.3) is 11.8 Å². The maximum atomic E-state index is 12.9. The number of rotatable bonds is 5. The summed E-state index contributed by atoms with van der Waals surface area (Å²) in [6.07, 6.45) is -0.638. The van der Waals surface area contributed by atoms with Crippen LogP contribution >= 0.6 is 0 Å². The first-order valence-electron chi connectivity index (χ1n) is 10.1. The van der Waals surface area contributed by atoms with E-state index in [1.165, 1.54) is 12.1 Å². The lowest BCUT2D eigenvalue weighted by molar-refractivity contribution is -0.896. The first-order chi connectivity index (χ1) is 14.6. The molecule has 2 aromatic carbocycles. The summed E-state index contributed by atoms with van der Waals surface area (Å²) >= 11 is 0. The first kappa shape index (κ1) is 20.2. The largest absolute Gasteiger partial charge is 0.485 e. The molecule has 158 valence electrons. The van der Waals surface area contributed by atoms with Gasteiger partial charge in [-0.15, -0.1) is 0 Å². The van der Waals surface area contributed by atoms with Crippen molar-refractivity contribution in [3.63, 3.8) is 0 Å². The zero-order valence-corrected chi connectivity index (χ0v) is 16.6. The van der Waals surface area contributed by atoms with Crippen LogP contribution in [0.15, 0.2) is 48.5 Å². The number of benzene rings is 2. The molecule has 0 aromatic heterocycles. The molecule has 2 N–H and O–H groups in total. The molecule has 0 saturated carbocycles. The van der Waals surface area contributed by atoms with E-state index in [1.807, 2.05) is 18.2 Å². The van der Waals surface area contributed by atoms with Gasteiger partial charge in [-0.1, -0.05) is 24.3 Å². The van der Waals surface area contributed by atoms with Crippen LogP contribution < -0.4 is 19.7 Å². The Bertz CT molecular complexity index is 898. The summed E-state index contributed by atoms with van der Waals surface area (Å²) in [5, 5.41) is 2.86. The maximum absolute atomic E-state index is 12.9. The number of halogens is 1. The van der Waals surface area contributed by atoms with Crippen molar-refractivity contribution in [2.45, 2.75) is 12.6 Å². The summed E-state index contributed by atoms with van der Waals surface area (Å²) in [7, 11) is 0. The summed E-state index contributed by atoms with van der Waals surface area (Å²) in [4.78, 5) is 27.9. The van der Waals surface area contributed by atoms with Gasteiger partial charge in [-0.05, 0) is 29.8 Å². The van der Waals surface area contributed by atoms with Crippen LogP contribution in [0.1, 0.15) is 5.56 Å². The third-order valence-corrected chi connectivity index (χ3v) is 5.38. The molecule has 0 spiro atoms. The number of fused-ring (bicyclic) bond motifs is 1. The molecule has 2 aromatic rings. The van der Waals surface area contributed by atoms with Crippen LogP contribution in [0.2, 0.25) is 0 Å². The van der Waals surface area contributed by atoms with E-state index in [1.54, 1.807) is 23.1 Å². The number of amides is 2. The van der Waals surface area contributed by atoms with Crippen molar-refractivity contribution in [2.24, 2.45) is 0 Å². The van der Waals surface area contributed by atoms with Gasteiger partial charge in [0.2, 0.25) is 6.10 Å². The average molecular weight is 414 g/mol. The quantitative estimate of drug-likeness (QED) is 0.723. The molecule has 0 radical (unpaired) electrons. The van der Waals surface area contributed by atoms with E-state index < -0.39 is 6.10 Å². The standard InChI is InChI=1S/C22H24FN3O4/c23-17-7-5-16(6-8-17)13-24-21(27)14-25-9-11-26(12-10-25)22(28)20-15-29-18-3-1-2-4-19(18)30-20/h1-8,20H,9-15H2,(H,24,27)/p+1/t20-/m1/s1. The highest BCUT2D eigenvalue weighted by Gasteiger charge is 2.33. The van der Waals surface area contributed by atoms with Gasteiger partial charge < -0.3 is 24.6 Å². The summed E-state index contributed by atoms with van der Waals surface area (Å²) in [5.74, 6) is 0.807. The molecule has 2 aliphatic heterocycles. The lowest BCUT2D eigenvalue weighted by Gasteiger charge is -2.35. The number of carbonyl (C=O) groups excluding carboxylic acids is 2. The highest BCUT2D eigenvalue weighted by molar-refractivity contribution is 5.82. The van der Waals surface area contributed by atoms with Crippen molar-refractivity contribution < 1.29 is 28.4 Å². The number of piperazine rings is 1. The maximum Gasteiger partial charge on any atom is 0.275 e.